The minimum absolute atomic E-state index is 0.408. The van der Waals surface area contributed by atoms with Crippen LogP contribution in [0.1, 0.15) is 11.1 Å². The summed E-state index contributed by atoms with van der Waals surface area (Å²) in [7, 11) is 0. The molecule has 1 rings (SSSR count). The van der Waals surface area contributed by atoms with Gasteiger partial charge in [-0.2, -0.15) is 22.8 Å². The molecule has 0 spiro atoms. The van der Waals surface area contributed by atoms with E-state index in [0.29, 0.717) is 13.2 Å². The molecule has 0 N–H and O–H groups in total. The van der Waals surface area contributed by atoms with E-state index >= 15 is 0 Å². The van der Waals surface area contributed by atoms with Gasteiger partial charge in [0.15, 0.2) is 13.2 Å². The maximum atomic E-state index is 6.48. The van der Waals surface area contributed by atoms with E-state index in [1.807, 2.05) is 24.3 Å². The van der Waals surface area contributed by atoms with E-state index in [-0.39, 0.29) is 0 Å². The Morgan fingerprint density at radius 2 is 1.44 bits per heavy atom. The van der Waals surface area contributed by atoms with Gasteiger partial charge in [-0.25, -0.2) is 0 Å². The molecule has 1 aromatic carbocycles. The van der Waals surface area contributed by atoms with Crippen molar-refractivity contribution < 1.29 is 9.68 Å². The third-order valence-corrected chi connectivity index (χ3v) is 2.08. The van der Waals surface area contributed by atoms with Crippen molar-refractivity contribution in [1.29, 1.82) is 0 Å². The summed E-state index contributed by atoms with van der Waals surface area (Å²) in [4.78, 5) is 9.21. The molecule has 0 bridgehead atoms. The van der Waals surface area contributed by atoms with Crippen LogP contribution >= 0.6 is 0 Å². The molecule has 16 heavy (non-hydrogen) atoms. The molecular formula is C12H12N2O2. The van der Waals surface area contributed by atoms with E-state index in [1.165, 1.54) is 0 Å². The van der Waals surface area contributed by atoms with Crippen molar-refractivity contribution in [1.82, 2.24) is 0 Å². The molecule has 0 saturated carbocycles. The first kappa shape index (κ1) is 11.9. The molecule has 4 nitrogen and oxygen atoms in total. The second kappa shape index (κ2) is 7.14. The molecule has 82 valence electrons. The molecule has 0 unspecified atom stereocenters. The summed E-state index contributed by atoms with van der Waals surface area (Å²) in [6.45, 7) is 13.8. The summed E-state index contributed by atoms with van der Waals surface area (Å²) >= 11 is 0. The predicted octanol–water partition coefficient (Wildman–Crippen LogP) is 2.47. The number of rotatable bonds is 6. The average Bonchev–Trinajstić information content (AvgIpc) is 2.30. The Morgan fingerprint density at radius 1 is 0.938 bits per heavy atom. The second-order valence-corrected chi connectivity index (χ2v) is 3.17. The van der Waals surface area contributed by atoms with Gasteiger partial charge in [-0.15, -0.1) is 0 Å². The van der Waals surface area contributed by atoms with Gasteiger partial charge in [-0.1, -0.05) is 24.3 Å². The molecule has 1 aromatic rings. The van der Waals surface area contributed by atoms with Crippen LogP contribution in [0.25, 0.3) is 10.0 Å². The van der Waals surface area contributed by atoms with Gasteiger partial charge in [-0.05, 0) is 21.1 Å². The van der Waals surface area contributed by atoms with Crippen molar-refractivity contribution in [2.24, 2.45) is 0 Å². The van der Waals surface area contributed by atoms with Crippen LogP contribution < -0.4 is 0 Å². The van der Waals surface area contributed by atoms with Crippen LogP contribution in [-0.2, 0) is 22.5 Å². The molecule has 0 aliphatic rings. The number of hydrogen-bond donors (Lipinski definition) is 0. The van der Waals surface area contributed by atoms with E-state index in [4.69, 9.17) is 13.1 Å². The van der Waals surface area contributed by atoms with Gasteiger partial charge < -0.3 is 0 Å². The van der Waals surface area contributed by atoms with Gasteiger partial charge in [0, 0.05) is 12.8 Å². The number of benzene rings is 1. The van der Waals surface area contributed by atoms with E-state index in [2.05, 4.69) is 19.7 Å². The summed E-state index contributed by atoms with van der Waals surface area (Å²) in [5, 5.41) is 5.66. The predicted molar refractivity (Wildman–Crippen MR) is 59.0 cm³/mol. The highest BCUT2D eigenvalue weighted by atomic mass is 16.6. The first-order valence-electron chi connectivity index (χ1n) is 4.92. The van der Waals surface area contributed by atoms with Crippen LogP contribution in [-0.4, -0.2) is 13.2 Å². The first-order valence-corrected chi connectivity index (χ1v) is 4.92. The highest BCUT2D eigenvalue weighted by Gasteiger charge is 1.99. The van der Waals surface area contributed by atoms with Crippen LogP contribution in [0.3, 0.4) is 0 Å². The minimum atomic E-state index is 0.408. The zero-order valence-electron chi connectivity index (χ0n) is 8.85. The normalized spacial score (nSPS) is 8.88. The number of hydrogen-bond acceptors (Lipinski definition) is 2. The molecule has 0 amide bonds. The lowest BCUT2D eigenvalue weighted by molar-refractivity contribution is 0.245. The molecule has 0 aromatic heterocycles. The average molecular weight is 216 g/mol. The summed E-state index contributed by atoms with van der Waals surface area (Å²) in [5.74, 6) is 0. The molecule has 0 heterocycles. The Morgan fingerprint density at radius 3 is 1.88 bits per heavy atom. The highest BCUT2D eigenvalue weighted by molar-refractivity contribution is 5.23. The molecule has 0 aliphatic heterocycles. The lowest BCUT2D eigenvalue weighted by Crippen LogP contribution is -1.97. The van der Waals surface area contributed by atoms with Gasteiger partial charge in [0.2, 0.25) is 0 Å². The van der Waals surface area contributed by atoms with Crippen LogP contribution in [0, 0.1) is 13.1 Å². The maximum absolute atomic E-state index is 6.48. The van der Waals surface area contributed by atoms with Crippen molar-refractivity contribution in [3.05, 3.63) is 58.6 Å². The molecule has 0 aliphatic carbocycles. The monoisotopic (exact) mass is 216 g/mol. The van der Waals surface area contributed by atoms with Crippen LogP contribution in [0.4, 0.5) is 0 Å². The second-order valence-electron chi connectivity index (χ2n) is 3.17. The van der Waals surface area contributed by atoms with E-state index in [1.54, 1.807) is 0 Å². The molecule has 4 heteroatoms. The van der Waals surface area contributed by atoms with E-state index < -0.39 is 0 Å². The first-order chi connectivity index (χ1) is 7.86. The Kier molecular flexibility index (Phi) is 5.30. The molecule has 0 radical (unpaired) electrons. The zero-order valence-corrected chi connectivity index (χ0v) is 8.85. The fourth-order valence-corrected chi connectivity index (χ4v) is 1.36. The van der Waals surface area contributed by atoms with Gasteiger partial charge >= 0.3 is 0 Å². The van der Waals surface area contributed by atoms with Gasteiger partial charge in [0.05, 0.1) is 0 Å². The van der Waals surface area contributed by atoms with Crippen LogP contribution in [0.5, 0.6) is 0 Å². The van der Waals surface area contributed by atoms with Crippen LogP contribution in [0.15, 0.2) is 24.3 Å². The van der Waals surface area contributed by atoms with Crippen molar-refractivity contribution in [2.45, 2.75) is 12.8 Å². The standard InChI is InChI=1S/C12H12N2O2/c1-13-15-8-6-11-4-3-5-12(10-11)7-9-16-14-2/h3-5,10H,6-9H2. The fraction of sp³-hybridized carbons (Fsp3) is 0.333. The Bertz CT molecular complexity index is 369. The smallest absolute Gasteiger partial charge is 0.178 e. The number of nitrogens with zero attached hydrogens (tertiary/aromatic N) is 2. The van der Waals surface area contributed by atoms with Gasteiger partial charge in [-0.3, -0.25) is 0 Å². The van der Waals surface area contributed by atoms with Crippen molar-refractivity contribution in [3.8, 4) is 0 Å². The summed E-state index contributed by atoms with van der Waals surface area (Å²) < 4.78 is 0. The lowest BCUT2D eigenvalue weighted by Gasteiger charge is -2.01. The largest absolute Gasteiger partial charge is 0.199 e. The van der Waals surface area contributed by atoms with Crippen molar-refractivity contribution in [3.63, 3.8) is 0 Å². The fourth-order valence-electron chi connectivity index (χ4n) is 1.36. The molecule has 0 saturated heterocycles. The van der Waals surface area contributed by atoms with Crippen molar-refractivity contribution in [2.75, 3.05) is 13.2 Å². The lowest BCUT2D eigenvalue weighted by atomic mass is 10.1. The zero-order chi connectivity index (χ0) is 11.6. The third kappa shape index (κ3) is 4.34. The van der Waals surface area contributed by atoms with Gasteiger partial charge in [0.1, 0.15) is 0 Å². The minimum Gasteiger partial charge on any atom is -0.199 e. The van der Waals surface area contributed by atoms with E-state index in [0.717, 1.165) is 24.0 Å². The topological polar surface area (TPSA) is 27.2 Å². The van der Waals surface area contributed by atoms with E-state index in [9.17, 15) is 0 Å². The quantitative estimate of drug-likeness (QED) is 0.415. The molecule has 0 atom stereocenters. The summed E-state index contributed by atoms with van der Waals surface area (Å²) in [6, 6.07) is 7.99. The molecular weight excluding hydrogens is 204 g/mol. The van der Waals surface area contributed by atoms with Gasteiger partial charge in [0.25, 0.3) is 0 Å². The van der Waals surface area contributed by atoms with Crippen LogP contribution in [0.2, 0.25) is 0 Å². The third-order valence-electron chi connectivity index (χ3n) is 2.08. The Labute approximate surface area is 95.0 Å². The summed E-state index contributed by atoms with van der Waals surface area (Å²) in [5.41, 5.74) is 2.26. The highest BCUT2D eigenvalue weighted by Crippen LogP contribution is 2.07. The SMILES string of the molecule is [C-]#[N+]OCCc1cccc(CCO[N+]#[C-])c1. The van der Waals surface area contributed by atoms with Crippen molar-refractivity contribution >= 4 is 0 Å². The molecule has 0 fully saturated rings. The Balaban J connectivity index is 2.45. The Hall–Kier alpha value is -2.20. The maximum Gasteiger partial charge on any atom is 0.178 e. The summed E-state index contributed by atoms with van der Waals surface area (Å²) in [6.07, 6.45) is 1.44.